The van der Waals surface area contributed by atoms with Crippen molar-refractivity contribution in [2.24, 2.45) is 11.5 Å². The van der Waals surface area contributed by atoms with Crippen LogP contribution in [0.25, 0.3) is 0 Å². The van der Waals surface area contributed by atoms with Crippen LogP contribution in [0.2, 0.25) is 10.6 Å². The summed E-state index contributed by atoms with van der Waals surface area (Å²) in [6.45, 7) is 0. The molecule has 93 valence electrons. The first-order chi connectivity index (χ1) is 6.36. The smallest absolute Gasteiger partial charge is 2.00 e. The molecular weight excluding hydrogens is 386 g/mol. The van der Waals surface area contributed by atoms with Crippen LogP contribution in [0, 0.1) is 0 Å². The molecule has 9 heteroatoms. The third-order valence-corrected chi connectivity index (χ3v) is 2.65. The molecular formula is C6H12CuN2O4Se2. The van der Waals surface area contributed by atoms with Crippen molar-refractivity contribution in [1.82, 2.24) is 0 Å². The van der Waals surface area contributed by atoms with Crippen LogP contribution in [-0.2, 0) is 26.7 Å². The van der Waals surface area contributed by atoms with Gasteiger partial charge in [0.2, 0.25) is 0 Å². The van der Waals surface area contributed by atoms with Crippen LogP contribution in [0.1, 0.15) is 0 Å². The number of carboxylic acids is 2. The van der Waals surface area contributed by atoms with E-state index >= 15 is 0 Å². The maximum absolute atomic E-state index is 9.68. The van der Waals surface area contributed by atoms with E-state index < -0.39 is 24.0 Å². The van der Waals surface area contributed by atoms with E-state index in [4.69, 9.17) is 11.5 Å². The molecule has 0 fully saturated rings. The Morgan fingerprint density at radius 2 is 1.20 bits per heavy atom. The Balaban J connectivity index is -0.000000180. The van der Waals surface area contributed by atoms with Crippen LogP contribution in [0.4, 0.5) is 0 Å². The van der Waals surface area contributed by atoms with Crippen LogP contribution in [-0.4, -0.2) is 56.0 Å². The summed E-state index contributed by atoms with van der Waals surface area (Å²) in [5.74, 6) is -2.39. The van der Waals surface area contributed by atoms with Gasteiger partial charge in [0.05, 0.1) is 0 Å². The monoisotopic (exact) mass is 399 g/mol. The zero-order valence-corrected chi connectivity index (χ0v) is 12.2. The fourth-order valence-electron chi connectivity index (χ4n) is 0.149. The maximum atomic E-state index is 9.68. The van der Waals surface area contributed by atoms with Crippen molar-refractivity contribution in [1.29, 1.82) is 0 Å². The Morgan fingerprint density at radius 3 is 1.20 bits per heavy atom. The molecule has 0 spiro atoms. The van der Waals surface area contributed by atoms with Gasteiger partial charge in [0.15, 0.2) is 0 Å². The topological polar surface area (TPSA) is 132 Å². The zero-order valence-electron chi connectivity index (χ0n) is 7.55. The van der Waals surface area contributed by atoms with E-state index in [1.807, 2.05) is 0 Å². The van der Waals surface area contributed by atoms with Crippen LogP contribution in [0.15, 0.2) is 0 Å². The molecule has 2 atom stereocenters. The van der Waals surface area contributed by atoms with Gasteiger partial charge in [0, 0.05) is 0 Å². The maximum Gasteiger partial charge on any atom is 2.00 e. The summed E-state index contributed by atoms with van der Waals surface area (Å²) in [5.41, 5.74) is 9.88. The molecule has 0 aromatic rings. The Bertz CT molecular complexity index is 176. The predicted octanol–water partition coefficient (Wildman–Crippen LogP) is -5.24. The van der Waals surface area contributed by atoms with E-state index in [2.05, 4.69) is 32.0 Å². The SMILES string of the molecule is N[C@@H](C[SeH])C(=O)[O-].N[C@@H](C[SeH])C(=O)[O-].[Cu+2]. The fraction of sp³-hybridized carbons (Fsp3) is 0.667. The van der Waals surface area contributed by atoms with E-state index in [1.54, 1.807) is 0 Å². The average molecular weight is 398 g/mol. The number of carboxylic acid groups (broad SMARTS) is 2. The van der Waals surface area contributed by atoms with E-state index in [0.717, 1.165) is 0 Å². The summed E-state index contributed by atoms with van der Waals surface area (Å²) in [7, 11) is 0. The Labute approximate surface area is 115 Å². The molecule has 0 heterocycles. The van der Waals surface area contributed by atoms with Gasteiger partial charge in [-0.1, -0.05) is 0 Å². The largest absolute Gasteiger partial charge is 2.00 e. The summed E-state index contributed by atoms with van der Waals surface area (Å²) in [4.78, 5) is 19.4. The summed E-state index contributed by atoms with van der Waals surface area (Å²) in [5, 5.41) is 20.1. The van der Waals surface area contributed by atoms with E-state index in [1.165, 1.54) is 0 Å². The molecule has 0 rings (SSSR count). The van der Waals surface area contributed by atoms with Gasteiger partial charge in [0.1, 0.15) is 0 Å². The number of hydrogen-bond donors (Lipinski definition) is 2. The van der Waals surface area contributed by atoms with Gasteiger partial charge in [-0.15, -0.1) is 0 Å². The second-order valence-electron chi connectivity index (χ2n) is 2.22. The van der Waals surface area contributed by atoms with Crippen LogP contribution >= 0.6 is 0 Å². The molecule has 0 aliphatic carbocycles. The minimum absolute atomic E-state index is 0. The molecule has 0 bridgehead atoms. The van der Waals surface area contributed by atoms with E-state index in [0.29, 0.717) is 10.6 Å². The van der Waals surface area contributed by atoms with Gasteiger partial charge < -0.3 is 0 Å². The van der Waals surface area contributed by atoms with Crippen LogP contribution < -0.4 is 21.7 Å². The first kappa shape index (κ1) is 20.8. The molecule has 0 aliphatic heterocycles. The molecule has 0 amide bonds. The molecule has 0 saturated heterocycles. The summed E-state index contributed by atoms with van der Waals surface area (Å²) >= 11 is 4.17. The second kappa shape index (κ2) is 12.5. The molecule has 0 aliphatic rings. The number of rotatable bonds is 4. The quantitative estimate of drug-likeness (QED) is 0.456. The van der Waals surface area contributed by atoms with Crippen molar-refractivity contribution in [3.8, 4) is 0 Å². The van der Waals surface area contributed by atoms with Gasteiger partial charge in [-0.05, 0) is 0 Å². The summed E-state index contributed by atoms with van der Waals surface area (Å²) in [6.07, 6.45) is 0. The molecule has 1 radical (unpaired) electrons. The summed E-state index contributed by atoms with van der Waals surface area (Å²) in [6, 6.07) is -1.64. The minimum Gasteiger partial charge on any atom is 2.00 e. The van der Waals surface area contributed by atoms with Gasteiger partial charge in [-0.2, -0.15) is 0 Å². The van der Waals surface area contributed by atoms with Crippen molar-refractivity contribution >= 4 is 44.0 Å². The molecule has 4 N–H and O–H groups in total. The number of hydrogen-bond acceptors (Lipinski definition) is 6. The normalized spacial score (nSPS) is 12.5. The van der Waals surface area contributed by atoms with Crippen molar-refractivity contribution < 1.29 is 36.9 Å². The molecule has 0 unspecified atom stereocenters. The number of nitrogens with two attached hydrogens (primary N) is 2. The van der Waals surface area contributed by atoms with E-state index in [-0.39, 0.29) is 17.1 Å². The molecule has 6 nitrogen and oxygen atoms in total. The van der Waals surface area contributed by atoms with Gasteiger partial charge in [-0.3, -0.25) is 0 Å². The van der Waals surface area contributed by atoms with Crippen LogP contribution in [0.5, 0.6) is 0 Å². The fourth-order valence-corrected chi connectivity index (χ4v) is 0.775. The van der Waals surface area contributed by atoms with Crippen molar-refractivity contribution in [3.63, 3.8) is 0 Å². The first-order valence-corrected chi connectivity index (χ1v) is 6.16. The molecule has 0 aromatic heterocycles. The van der Waals surface area contributed by atoms with Crippen LogP contribution in [0.3, 0.4) is 0 Å². The summed E-state index contributed by atoms with van der Waals surface area (Å²) < 4.78 is 0. The third-order valence-electron chi connectivity index (χ3n) is 0.999. The minimum atomic E-state index is -1.19. The predicted molar refractivity (Wildman–Crippen MR) is 49.9 cm³/mol. The first-order valence-electron chi connectivity index (χ1n) is 3.51. The number of carbonyl (C=O) groups excluding carboxylic acids is 2. The Hall–Kier alpha value is 0.418. The van der Waals surface area contributed by atoms with Gasteiger partial charge in [-0.25, -0.2) is 0 Å². The number of carbonyl (C=O) groups is 2. The Morgan fingerprint density at radius 1 is 1.00 bits per heavy atom. The standard InChI is InChI=1S/2C3H7NO2Se.Cu/c2*4-2(1-7)3(5)6;/h2*2,7H,1,4H2,(H,5,6);/q;;+2/p-2/t2*2-;/m00./s1. The Kier molecular flexibility index (Phi) is 17.3. The molecule has 0 saturated carbocycles. The average Bonchev–Trinajstić information content (AvgIpc) is 2.15. The number of aliphatic carboxylic acids is 2. The molecule has 15 heavy (non-hydrogen) atoms. The third kappa shape index (κ3) is 14.4. The van der Waals surface area contributed by atoms with Gasteiger partial charge >= 0.3 is 115 Å². The molecule has 0 aromatic carbocycles. The zero-order chi connectivity index (χ0) is 11.7. The van der Waals surface area contributed by atoms with E-state index in [9.17, 15) is 19.8 Å². The van der Waals surface area contributed by atoms with Crippen molar-refractivity contribution in [3.05, 3.63) is 0 Å². The van der Waals surface area contributed by atoms with Crippen molar-refractivity contribution in [2.45, 2.75) is 22.7 Å². The van der Waals surface area contributed by atoms with Crippen molar-refractivity contribution in [2.75, 3.05) is 0 Å². The van der Waals surface area contributed by atoms with Gasteiger partial charge in [0.25, 0.3) is 0 Å². The second-order valence-corrected chi connectivity index (χ2v) is 3.75.